The van der Waals surface area contributed by atoms with Crippen molar-refractivity contribution in [3.05, 3.63) is 62.9 Å². The molecule has 3 rings (SSSR count). The summed E-state index contributed by atoms with van der Waals surface area (Å²) < 4.78 is 19.2. The first-order valence-electron chi connectivity index (χ1n) is 9.55. The molecule has 1 atom stereocenters. The molecule has 2 aromatic carbocycles. The van der Waals surface area contributed by atoms with Gasteiger partial charge >= 0.3 is 0 Å². The van der Waals surface area contributed by atoms with E-state index in [1.807, 2.05) is 26.0 Å². The largest absolute Gasteiger partial charge is 0.491 e. The maximum absolute atomic E-state index is 13.4. The number of aryl methyl sites for hydroxylation is 2. The molecule has 1 saturated heterocycles. The van der Waals surface area contributed by atoms with Gasteiger partial charge in [-0.15, -0.1) is 0 Å². The fraction of sp³-hybridized carbons (Fsp3) is 0.409. The monoisotopic (exact) mass is 439 g/mol. The van der Waals surface area contributed by atoms with E-state index in [0.29, 0.717) is 48.7 Å². The molecule has 0 spiro atoms. The second kappa shape index (κ2) is 8.90. The van der Waals surface area contributed by atoms with Gasteiger partial charge in [0, 0.05) is 23.7 Å². The van der Waals surface area contributed by atoms with Crippen LogP contribution in [0.1, 0.15) is 40.7 Å². The summed E-state index contributed by atoms with van der Waals surface area (Å²) in [7, 11) is 0. The van der Waals surface area contributed by atoms with E-state index < -0.39 is 11.4 Å². The van der Waals surface area contributed by atoms with E-state index in [-0.39, 0.29) is 17.5 Å². The predicted molar refractivity (Wildman–Crippen MR) is 113 cm³/mol. The lowest BCUT2D eigenvalue weighted by Crippen LogP contribution is -2.38. The second-order valence-electron chi connectivity index (χ2n) is 7.66. The molecule has 0 bridgehead atoms. The Balaban J connectivity index is 1.63. The van der Waals surface area contributed by atoms with Crippen LogP contribution in [0.3, 0.4) is 0 Å². The molecule has 1 aliphatic rings. The van der Waals surface area contributed by atoms with Crippen LogP contribution in [0.25, 0.3) is 0 Å². The van der Waals surface area contributed by atoms with Crippen molar-refractivity contribution in [1.29, 1.82) is 0 Å². The molecular weight excluding hydrogens is 416 g/mol. The van der Waals surface area contributed by atoms with Crippen LogP contribution in [0.15, 0.2) is 30.3 Å². The molecule has 0 radical (unpaired) electrons. The predicted octanol–water partition coefficient (Wildman–Crippen LogP) is 5.19. The standard InChI is InChI=1S/C22H24Cl2FNO3/c1-14-10-17(11-15(2)20(14)24)29-13-22(28)6-3-8-26(9-7-22)21(27)16-4-5-19(25)18(23)12-16/h4-5,10-12,28H,3,6-9,13H2,1-2H3. The lowest BCUT2D eigenvalue weighted by molar-refractivity contribution is -0.0163. The third-order valence-electron chi connectivity index (χ3n) is 5.29. The van der Waals surface area contributed by atoms with E-state index in [4.69, 9.17) is 27.9 Å². The Morgan fingerprint density at radius 2 is 1.86 bits per heavy atom. The lowest BCUT2D eigenvalue weighted by atomic mass is 9.96. The van der Waals surface area contributed by atoms with Gasteiger partial charge in [-0.2, -0.15) is 0 Å². The summed E-state index contributed by atoms with van der Waals surface area (Å²) in [4.78, 5) is 14.4. The summed E-state index contributed by atoms with van der Waals surface area (Å²) >= 11 is 12.0. The molecule has 1 unspecified atom stereocenters. The summed E-state index contributed by atoms with van der Waals surface area (Å²) in [5.74, 6) is -0.116. The number of ether oxygens (including phenoxy) is 1. The highest BCUT2D eigenvalue weighted by molar-refractivity contribution is 6.32. The Hall–Kier alpha value is -1.82. The van der Waals surface area contributed by atoms with Crippen molar-refractivity contribution >= 4 is 29.1 Å². The molecule has 1 N–H and O–H groups in total. The van der Waals surface area contributed by atoms with E-state index in [9.17, 15) is 14.3 Å². The summed E-state index contributed by atoms with van der Waals surface area (Å²) in [5, 5.41) is 11.6. The number of rotatable bonds is 4. The normalized spacial score (nSPS) is 19.7. The molecule has 1 heterocycles. The van der Waals surface area contributed by atoms with Crippen molar-refractivity contribution in [2.45, 2.75) is 38.7 Å². The summed E-state index contributed by atoms with van der Waals surface area (Å²) in [5.41, 5.74) is 1.15. The Bertz CT molecular complexity index is 898. The van der Waals surface area contributed by atoms with Crippen molar-refractivity contribution in [3.63, 3.8) is 0 Å². The van der Waals surface area contributed by atoms with Gasteiger partial charge in [0.2, 0.25) is 0 Å². The van der Waals surface area contributed by atoms with Gasteiger partial charge in [0.05, 0.1) is 5.02 Å². The van der Waals surface area contributed by atoms with E-state index in [1.165, 1.54) is 18.2 Å². The van der Waals surface area contributed by atoms with E-state index in [1.54, 1.807) is 4.90 Å². The van der Waals surface area contributed by atoms with Crippen LogP contribution < -0.4 is 4.74 Å². The average molecular weight is 440 g/mol. The van der Waals surface area contributed by atoms with E-state index in [0.717, 1.165) is 11.1 Å². The van der Waals surface area contributed by atoms with Crippen LogP contribution in [0.4, 0.5) is 4.39 Å². The highest BCUT2D eigenvalue weighted by Crippen LogP contribution is 2.29. The van der Waals surface area contributed by atoms with Crippen molar-refractivity contribution in [2.24, 2.45) is 0 Å². The topological polar surface area (TPSA) is 49.8 Å². The van der Waals surface area contributed by atoms with Gasteiger partial charge in [0.25, 0.3) is 5.91 Å². The molecular formula is C22H24Cl2FNO3. The SMILES string of the molecule is Cc1cc(OCC2(O)CCCN(C(=O)c3ccc(F)c(Cl)c3)CC2)cc(C)c1Cl. The van der Waals surface area contributed by atoms with Crippen LogP contribution in [-0.2, 0) is 0 Å². The molecule has 0 saturated carbocycles. The van der Waals surface area contributed by atoms with E-state index in [2.05, 4.69) is 0 Å². The Morgan fingerprint density at radius 3 is 2.52 bits per heavy atom. The first-order chi connectivity index (χ1) is 13.7. The summed E-state index contributed by atoms with van der Waals surface area (Å²) in [6.07, 6.45) is 1.55. The van der Waals surface area contributed by atoms with Gasteiger partial charge < -0.3 is 14.7 Å². The van der Waals surface area contributed by atoms with Gasteiger partial charge in [0.1, 0.15) is 23.8 Å². The fourth-order valence-corrected chi connectivity index (χ4v) is 3.83. The number of carbonyl (C=O) groups excluding carboxylic acids is 1. The number of aliphatic hydroxyl groups is 1. The zero-order valence-corrected chi connectivity index (χ0v) is 18.0. The number of halogens is 3. The van der Waals surface area contributed by atoms with Crippen molar-refractivity contribution in [1.82, 2.24) is 4.90 Å². The molecule has 1 amide bonds. The van der Waals surface area contributed by atoms with Crippen LogP contribution in [0.2, 0.25) is 10.0 Å². The highest BCUT2D eigenvalue weighted by Gasteiger charge is 2.33. The maximum Gasteiger partial charge on any atom is 0.253 e. The number of likely N-dealkylation sites (tertiary alicyclic amines) is 1. The zero-order valence-electron chi connectivity index (χ0n) is 16.5. The first kappa shape index (κ1) is 21.9. The quantitative estimate of drug-likeness (QED) is 0.713. The molecule has 29 heavy (non-hydrogen) atoms. The number of benzene rings is 2. The third-order valence-corrected chi connectivity index (χ3v) is 6.17. The van der Waals surface area contributed by atoms with Crippen LogP contribution >= 0.6 is 23.2 Å². The molecule has 1 fully saturated rings. The number of hydrogen-bond acceptors (Lipinski definition) is 3. The van der Waals surface area contributed by atoms with Crippen LogP contribution in [0.5, 0.6) is 5.75 Å². The maximum atomic E-state index is 13.4. The molecule has 0 aliphatic carbocycles. The molecule has 1 aliphatic heterocycles. The highest BCUT2D eigenvalue weighted by atomic mass is 35.5. The Kier molecular flexibility index (Phi) is 6.72. The lowest BCUT2D eigenvalue weighted by Gasteiger charge is -2.27. The van der Waals surface area contributed by atoms with E-state index >= 15 is 0 Å². The average Bonchev–Trinajstić information content (AvgIpc) is 2.88. The van der Waals surface area contributed by atoms with Crippen molar-refractivity contribution in [3.8, 4) is 5.75 Å². The Morgan fingerprint density at radius 1 is 1.17 bits per heavy atom. The van der Waals surface area contributed by atoms with Gasteiger partial charge in [-0.1, -0.05) is 23.2 Å². The number of hydrogen-bond donors (Lipinski definition) is 1. The summed E-state index contributed by atoms with van der Waals surface area (Å²) in [6.45, 7) is 4.85. The molecule has 156 valence electrons. The minimum Gasteiger partial charge on any atom is -0.491 e. The van der Waals surface area contributed by atoms with Crippen molar-refractivity contribution < 1.29 is 19.0 Å². The number of nitrogens with zero attached hydrogens (tertiary/aromatic N) is 1. The van der Waals surface area contributed by atoms with Gasteiger partial charge in [-0.25, -0.2) is 4.39 Å². The van der Waals surface area contributed by atoms with Crippen LogP contribution in [-0.4, -0.2) is 41.2 Å². The second-order valence-corrected chi connectivity index (χ2v) is 8.44. The Labute approximate surface area is 180 Å². The van der Waals surface area contributed by atoms with Crippen LogP contribution in [0, 0.1) is 19.7 Å². The molecule has 0 aromatic heterocycles. The fourth-order valence-electron chi connectivity index (χ4n) is 3.55. The molecule has 7 heteroatoms. The first-order valence-corrected chi connectivity index (χ1v) is 10.3. The minimum atomic E-state index is -1.03. The smallest absolute Gasteiger partial charge is 0.253 e. The zero-order chi connectivity index (χ0) is 21.2. The van der Waals surface area contributed by atoms with Gasteiger partial charge in [-0.3, -0.25) is 4.79 Å². The van der Waals surface area contributed by atoms with Gasteiger partial charge in [-0.05, 0) is 74.6 Å². The molecule has 2 aromatic rings. The minimum absolute atomic E-state index is 0.0795. The number of carbonyl (C=O) groups is 1. The summed E-state index contributed by atoms with van der Waals surface area (Å²) in [6, 6.07) is 7.65. The van der Waals surface area contributed by atoms with Crippen molar-refractivity contribution in [2.75, 3.05) is 19.7 Å². The van der Waals surface area contributed by atoms with Gasteiger partial charge in [0.15, 0.2) is 0 Å². The third kappa shape index (κ3) is 5.21. The molecule has 4 nitrogen and oxygen atoms in total. The number of amides is 1.